The van der Waals surface area contributed by atoms with Crippen LogP contribution in [0.2, 0.25) is 0 Å². The van der Waals surface area contributed by atoms with Gasteiger partial charge >= 0.3 is 191 Å². The summed E-state index contributed by atoms with van der Waals surface area (Å²) in [5, 5.41) is 1.01. The fourth-order valence-electron chi connectivity index (χ4n) is 4.30. The van der Waals surface area contributed by atoms with Crippen molar-refractivity contribution in [1.29, 1.82) is 0 Å². The summed E-state index contributed by atoms with van der Waals surface area (Å²) in [5.41, 5.74) is 1.56. The molecule has 146 valence electrons. The Hall–Kier alpha value is -1.73. The molecule has 0 bridgehead atoms. The van der Waals surface area contributed by atoms with E-state index in [1.54, 1.807) is 0 Å². The maximum absolute atomic E-state index is 4.56. The van der Waals surface area contributed by atoms with Gasteiger partial charge in [-0.05, 0) is 0 Å². The molecule has 0 aliphatic heterocycles. The summed E-state index contributed by atoms with van der Waals surface area (Å²) in [4.78, 5) is 0. The van der Waals surface area contributed by atoms with Crippen LogP contribution in [0.15, 0.2) is 120 Å². The van der Waals surface area contributed by atoms with Crippen molar-refractivity contribution in [3.8, 4) is 0 Å². The Labute approximate surface area is 189 Å². The van der Waals surface area contributed by atoms with E-state index in [1.165, 1.54) is 21.5 Å². The normalized spacial score (nSPS) is 14.0. The number of benzene rings is 4. The molecule has 0 radical (unpaired) electrons. The van der Waals surface area contributed by atoms with Gasteiger partial charge in [-0.2, -0.15) is 0 Å². The van der Waals surface area contributed by atoms with Crippen LogP contribution in [-0.4, -0.2) is 0 Å². The van der Waals surface area contributed by atoms with Crippen molar-refractivity contribution >= 4 is 52.6 Å². The van der Waals surface area contributed by atoms with Gasteiger partial charge in [0.05, 0.1) is 0 Å². The van der Waals surface area contributed by atoms with Crippen LogP contribution in [0.1, 0.15) is 18.1 Å². The first kappa shape index (κ1) is 20.5. The van der Waals surface area contributed by atoms with Crippen molar-refractivity contribution in [3.05, 3.63) is 125 Å². The molecule has 0 heterocycles. The summed E-state index contributed by atoms with van der Waals surface area (Å²) in [5.74, 6) is 0. The van der Waals surface area contributed by atoms with Crippen LogP contribution in [0, 0.1) is 0 Å². The second-order valence-electron chi connectivity index (χ2n) is 7.31. The Bertz CT molecular complexity index is 978. The van der Waals surface area contributed by atoms with Gasteiger partial charge < -0.3 is 0 Å². The molecule has 4 aromatic carbocycles. The van der Waals surface area contributed by atoms with Gasteiger partial charge in [0.1, 0.15) is 0 Å². The third-order valence-electron chi connectivity index (χ3n) is 5.86. The van der Waals surface area contributed by atoms with Crippen LogP contribution in [0.3, 0.4) is 0 Å². The molecule has 0 saturated heterocycles. The van der Waals surface area contributed by atoms with Gasteiger partial charge in [-0.15, -0.1) is 0 Å². The van der Waals surface area contributed by atoms with Crippen molar-refractivity contribution < 1.29 is 0 Å². The summed E-state index contributed by atoms with van der Waals surface area (Å²) in [7, 11) is 0. The molecule has 0 spiro atoms. The molecule has 0 aromatic heterocycles. The van der Waals surface area contributed by atoms with Crippen molar-refractivity contribution in [2.45, 2.75) is 12.6 Å². The van der Waals surface area contributed by atoms with Gasteiger partial charge in [0.2, 0.25) is 0 Å². The van der Waals surface area contributed by atoms with Crippen molar-refractivity contribution in [3.63, 3.8) is 0 Å². The Balaban J connectivity index is 2.14. The van der Waals surface area contributed by atoms with E-state index in [0.29, 0.717) is 0 Å². The number of hydrogen-bond acceptors (Lipinski definition) is 0. The number of hydrogen-bond donors (Lipinski definition) is 0. The van der Waals surface area contributed by atoms with E-state index in [4.69, 9.17) is 0 Å². The molecule has 0 aliphatic rings. The molecule has 0 saturated carbocycles. The van der Waals surface area contributed by atoms with Gasteiger partial charge in [0.25, 0.3) is 0 Å². The van der Waals surface area contributed by atoms with Crippen molar-refractivity contribution in [1.82, 2.24) is 0 Å². The standard InChI is InChI=1S/C26H23Br2P/c1-21(22-17-19-23(27)20-18-22)29(28,24-11-5-2-6-12-24,25-13-7-3-8-14-25)26-15-9-4-10-16-26/h2-21H,1H3. The minimum absolute atomic E-state index is 0.237. The molecule has 0 aliphatic carbocycles. The quantitative estimate of drug-likeness (QED) is 0.239. The monoisotopic (exact) mass is 524 g/mol. The predicted molar refractivity (Wildman–Crippen MR) is 137 cm³/mol. The predicted octanol–water partition coefficient (Wildman–Crippen LogP) is 7.35. The Morgan fingerprint density at radius 1 is 0.552 bits per heavy atom. The average molecular weight is 526 g/mol. The third-order valence-corrected chi connectivity index (χ3v) is 17.6. The topological polar surface area (TPSA) is 0 Å². The van der Waals surface area contributed by atoms with E-state index in [9.17, 15) is 0 Å². The summed E-state index contributed by atoms with van der Waals surface area (Å²) in [6.45, 7) is 2.36. The first-order valence-corrected chi connectivity index (χ1v) is 14.8. The number of rotatable bonds is 5. The van der Waals surface area contributed by atoms with Crippen LogP contribution in [0.5, 0.6) is 0 Å². The van der Waals surface area contributed by atoms with Gasteiger partial charge in [0, 0.05) is 0 Å². The Kier molecular flexibility index (Phi) is 5.80. The fraction of sp³-hybridized carbons (Fsp3) is 0.0769. The molecule has 0 fully saturated rings. The third kappa shape index (κ3) is 3.32. The Morgan fingerprint density at radius 2 is 0.897 bits per heavy atom. The maximum atomic E-state index is 4.56. The van der Waals surface area contributed by atoms with Gasteiger partial charge in [-0.1, -0.05) is 0 Å². The molecule has 1 unspecified atom stereocenters. The molecule has 0 nitrogen and oxygen atoms in total. The van der Waals surface area contributed by atoms with Gasteiger partial charge in [-0.3, -0.25) is 0 Å². The molecule has 4 aromatic rings. The van der Waals surface area contributed by atoms with Crippen LogP contribution >= 0.6 is 36.7 Å². The van der Waals surface area contributed by atoms with E-state index in [1.807, 2.05) is 0 Å². The second-order valence-corrected chi connectivity index (χ2v) is 17.1. The van der Waals surface area contributed by atoms with Gasteiger partial charge in [0.15, 0.2) is 0 Å². The van der Waals surface area contributed by atoms with E-state index in [0.717, 1.165) is 4.47 Å². The summed E-state index contributed by atoms with van der Waals surface area (Å²) >= 11 is 8.15. The average Bonchev–Trinajstić information content (AvgIpc) is 2.80. The summed E-state index contributed by atoms with van der Waals surface area (Å²) in [6.07, 6.45) is 0. The van der Waals surface area contributed by atoms with Crippen LogP contribution in [0.25, 0.3) is 0 Å². The van der Waals surface area contributed by atoms with E-state index in [-0.39, 0.29) is 5.66 Å². The molecular weight excluding hydrogens is 503 g/mol. The van der Waals surface area contributed by atoms with Crippen molar-refractivity contribution in [2.75, 3.05) is 0 Å². The molecule has 0 amide bonds. The molecular formula is C26H23Br2P. The summed E-state index contributed by atoms with van der Waals surface area (Å²) < 4.78 is 1.10. The zero-order chi connectivity index (χ0) is 20.3. The minimum atomic E-state index is -3.01. The molecule has 1 atom stereocenters. The zero-order valence-electron chi connectivity index (χ0n) is 16.3. The van der Waals surface area contributed by atoms with E-state index in [2.05, 4.69) is 154 Å². The van der Waals surface area contributed by atoms with Crippen LogP contribution in [-0.2, 0) is 0 Å². The molecule has 0 N–H and O–H groups in total. The fourth-order valence-corrected chi connectivity index (χ4v) is 12.6. The van der Waals surface area contributed by atoms with E-state index >= 15 is 0 Å². The van der Waals surface area contributed by atoms with Gasteiger partial charge in [-0.25, -0.2) is 0 Å². The summed E-state index contributed by atoms with van der Waals surface area (Å²) in [6, 6.07) is 41.6. The molecule has 3 heteroatoms. The van der Waals surface area contributed by atoms with Crippen molar-refractivity contribution in [2.24, 2.45) is 0 Å². The van der Waals surface area contributed by atoms with Crippen LogP contribution in [0.4, 0.5) is 0 Å². The first-order chi connectivity index (χ1) is 14.1. The first-order valence-electron chi connectivity index (χ1n) is 9.71. The zero-order valence-corrected chi connectivity index (χ0v) is 20.3. The second kappa shape index (κ2) is 8.19. The number of halogens is 2. The molecule has 29 heavy (non-hydrogen) atoms. The van der Waals surface area contributed by atoms with E-state index < -0.39 is 5.31 Å². The Morgan fingerprint density at radius 3 is 1.24 bits per heavy atom. The van der Waals surface area contributed by atoms with Crippen LogP contribution < -0.4 is 15.9 Å². The SMILES string of the molecule is CC(c1ccc(Br)cc1)P(Br)(c1ccccc1)(c1ccccc1)c1ccccc1. The molecule has 4 rings (SSSR count).